The zero-order chi connectivity index (χ0) is 21.6. The molecule has 1 aromatic carbocycles. The number of hydrogen-bond donors (Lipinski definition) is 1. The summed E-state index contributed by atoms with van der Waals surface area (Å²) in [7, 11) is 0. The molecule has 8 heteroatoms. The molecule has 2 rings (SSSR count). The molecule has 0 radical (unpaired) electrons. The van der Waals surface area contributed by atoms with Crippen LogP contribution in [0.25, 0.3) is 0 Å². The fourth-order valence-electron chi connectivity index (χ4n) is 2.78. The van der Waals surface area contributed by atoms with Gasteiger partial charge in [-0.05, 0) is 45.4 Å². The Kier molecular flexibility index (Phi) is 7.30. The second-order valence-electron chi connectivity index (χ2n) is 6.30. The Labute approximate surface area is 168 Å². The first-order valence-corrected chi connectivity index (χ1v) is 9.03. The number of ether oxygens (including phenoxy) is 3. The SMILES string of the molecule is CCOC(=O)c1[nH]c(C)c(C(=O)COC(=O)COc2cccc(C(C)=O)c2)c1C. The van der Waals surface area contributed by atoms with E-state index >= 15 is 0 Å². The first-order chi connectivity index (χ1) is 13.7. The number of carbonyl (C=O) groups excluding carboxylic acids is 4. The van der Waals surface area contributed by atoms with E-state index in [0.29, 0.717) is 22.6 Å². The molecule has 1 N–H and O–H groups in total. The number of aromatic nitrogens is 1. The molecule has 0 atom stereocenters. The van der Waals surface area contributed by atoms with Gasteiger partial charge in [0.1, 0.15) is 11.4 Å². The number of Topliss-reactive ketones (excluding diaryl/α,β-unsaturated/α-hetero) is 2. The Morgan fingerprint density at radius 3 is 2.41 bits per heavy atom. The van der Waals surface area contributed by atoms with Crippen molar-refractivity contribution < 1.29 is 33.4 Å². The predicted molar refractivity (Wildman–Crippen MR) is 103 cm³/mol. The maximum absolute atomic E-state index is 12.5. The Morgan fingerprint density at radius 1 is 1.03 bits per heavy atom. The summed E-state index contributed by atoms with van der Waals surface area (Å²) in [6.07, 6.45) is 0. The van der Waals surface area contributed by atoms with E-state index in [4.69, 9.17) is 14.2 Å². The van der Waals surface area contributed by atoms with E-state index in [-0.39, 0.29) is 23.6 Å². The number of nitrogens with one attached hydrogen (secondary N) is 1. The molecule has 0 amide bonds. The van der Waals surface area contributed by atoms with Gasteiger partial charge in [0.05, 0.1) is 6.61 Å². The second-order valence-corrected chi connectivity index (χ2v) is 6.30. The van der Waals surface area contributed by atoms with Crippen molar-refractivity contribution in [3.63, 3.8) is 0 Å². The molecule has 0 bridgehead atoms. The maximum atomic E-state index is 12.5. The molecule has 29 heavy (non-hydrogen) atoms. The number of carbonyl (C=O) groups is 4. The van der Waals surface area contributed by atoms with Crippen LogP contribution in [0.3, 0.4) is 0 Å². The van der Waals surface area contributed by atoms with Crippen molar-refractivity contribution in [3.8, 4) is 5.75 Å². The Hall–Kier alpha value is -3.42. The summed E-state index contributed by atoms with van der Waals surface area (Å²) < 4.78 is 15.2. The van der Waals surface area contributed by atoms with Gasteiger partial charge in [0.2, 0.25) is 5.78 Å². The lowest BCUT2D eigenvalue weighted by Crippen LogP contribution is -2.20. The van der Waals surface area contributed by atoms with E-state index in [1.807, 2.05) is 0 Å². The van der Waals surface area contributed by atoms with Crippen LogP contribution >= 0.6 is 0 Å². The molecular weight excluding hydrogens is 378 g/mol. The summed E-state index contributed by atoms with van der Waals surface area (Å²) in [5.41, 5.74) is 1.88. The van der Waals surface area contributed by atoms with Crippen LogP contribution in [0.15, 0.2) is 24.3 Å². The van der Waals surface area contributed by atoms with Gasteiger partial charge in [-0.15, -0.1) is 0 Å². The minimum absolute atomic E-state index is 0.122. The minimum atomic E-state index is -0.733. The highest BCUT2D eigenvalue weighted by molar-refractivity contribution is 6.03. The average molecular weight is 401 g/mol. The van der Waals surface area contributed by atoms with Crippen LogP contribution in [-0.4, -0.2) is 48.3 Å². The van der Waals surface area contributed by atoms with Crippen molar-refractivity contribution in [2.24, 2.45) is 0 Å². The molecule has 0 aliphatic rings. The molecule has 1 heterocycles. The van der Waals surface area contributed by atoms with Crippen molar-refractivity contribution in [1.82, 2.24) is 4.98 Å². The van der Waals surface area contributed by atoms with Crippen LogP contribution in [0.4, 0.5) is 0 Å². The second kappa shape index (κ2) is 9.68. The van der Waals surface area contributed by atoms with Crippen LogP contribution in [0, 0.1) is 13.8 Å². The van der Waals surface area contributed by atoms with Gasteiger partial charge in [0.25, 0.3) is 0 Å². The summed E-state index contributed by atoms with van der Waals surface area (Å²) >= 11 is 0. The van der Waals surface area contributed by atoms with Crippen molar-refractivity contribution in [3.05, 3.63) is 52.3 Å². The first kappa shape index (κ1) is 21.9. The summed E-state index contributed by atoms with van der Waals surface area (Å²) in [6, 6.07) is 6.40. The van der Waals surface area contributed by atoms with Crippen molar-refractivity contribution >= 4 is 23.5 Å². The number of aromatic amines is 1. The number of H-pyrrole nitrogens is 1. The van der Waals surface area contributed by atoms with E-state index in [9.17, 15) is 19.2 Å². The van der Waals surface area contributed by atoms with Gasteiger partial charge in [0.15, 0.2) is 19.0 Å². The third kappa shape index (κ3) is 5.54. The molecule has 1 aromatic heterocycles. The first-order valence-electron chi connectivity index (χ1n) is 9.03. The van der Waals surface area contributed by atoms with Gasteiger partial charge in [-0.3, -0.25) is 9.59 Å². The largest absolute Gasteiger partial charge is 0.482 e. The Bertz CT molecular complexity index is 943. The summed E-state index contributed by atoms with van der Waals surface area (Å²) in [5.74, 6) is -1.51. The monoisotopic (exact) mass is 401 g/mol. The Balaban J connectivity index is 1.94. The smallest absolute Gasteiger partial charge is 0.355 e. The number of aryl methyl sites for hydroxylation is 1. The minimum Gasteiger partial charge on any atom is -0.482 e. The summed E-state index contributed by atoms with van der Waals surface area (Å²) in [6.45, 7) is 5.70. The van der Waals surface area contributed by atoms with E-state index in [2.05, 4.69) is 4.98 Å². The molecule has 0 aliphatic carbocycles. The predicted octanol–water partition coefficient (Wildman–Crippen LogP) is 2.82. The van der Waals surface area contributed by atoms with Gasteiger partial charge >= 0.3 is 11.9 Å². The molecule has 0 fully saturated rings. The van der Waals surface area contributed by atoms with Crippen LogP contribution in [0.2, 0.25) is 0 Å². The summed E-state index contributed by atoms with van der Waals surface area (Å²) in [5, 5.41) is 0. The van der Waals surface area contributed by atoms with Gasteiger partial charge < -0.3 is 19.2 Å². The van der Waals surface area contributed by atoms with Crippen LogP contribution < -0.4 is 4.74 Å². The lowest BCUT2D eigenvalue weighted by Gasteiger charge is -2.08. The molecule has 0 unspecified atom stereocenters. The van der Waals surface area contributed by atoms with E-state index in [0.717, 1.165) is 0 Å². The molecule has 8 nitrogen and oxygen atoms in total. The van der Waals surface area contributed by atoms with Crippen molar-refractivity contribution in [2.75, 3.05) is 19.8 Å². The van der Waals surface area contributed by atoms with Crippen molar-refractivity contribution in [1.29, 1.82) is 0 Å². The molecule has 0 spiro atoms. The maximum Gasteiger partial charge on any atom is 0.355 e. The van der Waals surface area contributed by atoms with Gasteiger partial charge in [-0.1, -0.05) is 12.1 Å². The number of hydrogen-bond acceptors (Lipinski definition) is 7. The van der Waals surface area contributed by atoms with E-state index < -0.39 is 30.9 Å². The fourth-order valence-corrected chi connectivity index (χ4v) is 2.78. The molecule has 0 saturated carbocycles. The van der Waals surface area contributed by atoms with Crippen molar-refractivity contribution in [2.45, 2.75) is 27.7 Å². The highest BCUT2D eigenvalue weighted by atomic mass is 16.6. The number of benzene rings is 1. The molecule has 0 aliphatic heterocycles. The molecule has 2 aromatic rings. The van der Waals surface area contributed by atoms with Crippen LogP contribution in [0.1, 0.15) is 56.3 Å². The fraction of sp³-hybridized carbons (Fsp3) is 0.333. The van der Waals surface area contributed by atoms with Crippen LogP contribution in [0.5, 0.6) is 5.75 Å². The highest BCUT2D eigenvalue weighted by Gasteiger charge is 2.23. The quantitative estimate of drug-likeness (QED) is 0.508. The zero-order valence-corrected chi connectivity index (χ0v) is 16.8. The third-order valence-electron chi connectivity index (χ3n) is 4.16. The lowest BCUT2D eigenvalue weighted by molar-refractivity contribution is -0.144. The number of rotatable bonds is 9. The molecule has 154 valence electrons. The number of esters is 2. The average Bonchev–Trinajstić information content (AvgIpc) is 2.99. The standard InChI is InChI=1S/C21H23NO7/c1-5-27-21(26)20-12(2)19(13(3)22-20)17(24)10-29-18(25)11-28-16-8-6-7-15(9-16)14(4)23/h6-9,22H,5,10-11H2,1-4H3. The van der Waals surface area contributed by atoms with Gasteiger partial charge in [-0.2, -0.15) is 0 Å². The Morgan fingerprint density at radius 2 is 1.76 bits per heavy atom. The van der Waals surface area contributed by atoms with E-state index in [1.165, 1.54) is 13.0 Å². The third-order valence-corrected chi connectivity index (χ3v) is 4.16. The lowest BCUT2D eigenvalue weighted by atomic mass is 10.1. The molecule has 0 saturated heterocycles. The summed E-state index contributed by atoms with van der Waals surface area (Å²) in [4.78, 5) is 50.5. The van der Waals surface area contributed by atoms with Crippen LogP contribution in [-0.2, 0) is 14.3 Å². The van der Waals surface area contributed by atoms with E-state index in [1.54, 1.807) is 39.0 Å². The van der Waals surface area contributed by atoms with Gasteiger partial charge in [-0.25, -0.2) is 9.59 Å². The molecular formula is C21H23NO7. The zero-order valence-electron chi connectivity index (χ0n) is 16.8. The topological polar surface area (TPSA) is 112 Å². The normalized spacial score (nSPS) is 10.3. The highest BCUT2D eigenvalue weighted by Crippen LogP contribution is 2.20. The van der Waals surface area contributed by atoms with Gasteiger partial charge in [0, 0.05) is 16.8 Å². The number of ketones is 2.